The van der Waals surface area contributed by atoms with Gasteiger partial charge in [-0.05, 0) is 12.1 Å². The summed E-state index contributed by atoms with van der Waals surface area (Å²) in [7, 11) is -20.3. The molecule has 0 fully saturated rings. The topological polar surface area (TPSA) is 226 Å². The van der Waals surface area contributed by atoms with Crippen LogP contribution in [0.2, 0.25) is 0 Å². The lowest BCUT2D eigenvalue weighted by atomic mass is 9.84. The highest BCUT2D eigenvalue weighted by molar-refractivity contribution is 8.02. The molecular formula is C15H12N2O12S4. The van der Waals surface area contributed by atoms with Crippen LogP contribution in [0.4, 0.5) is 0 Å². The lowest BCUT2D eigenvalue weighted by Gasteiger charge is -2.23. The zero-order chi connectivity index (χ0) is 25.1. The molecule has 14 nitrogen and oxygen atoms in total. The third kappa shape index (κ3) is 4.34. The monoisotopic (exact) mass is 540 g/mol. The van der Waals surface area contributed by atoms with E-state index in [-0.39, 0.29) is 0 Å². The fourth-order valence-corrected chi connectivity index (χ4v) is 7.48. The normalized spacial score (nSPS) is 14.8. The summed E-state index contributed by atoms with van der Waals surface area (Å²) in [6, 6.07) is 5.41. The number of nitrogens with one attached hydrogen (secondary N) is 1. The van der Waals surface area contributed by atoms with Crippen molar-refractivity contribution < 1.29 is 52.4 Å². The van der Waals surface area contributed by atoms with Crippen molar-refractivity contribution in [1.82, 2.24) is 7.84 Å². The summed E-state index contributed by atoms with van der Waals surface area (Å²) in [5, 5.41) is 0. The minimum absolute atomic E-state index is 0.431. The maximum Gasteiger partial charge on any atom is 0.349 e. The molecule has 0 atom stereocenters. The zero-order valence-electron chi connectivity index (χ0n) is 16.0. The van der Waals surface area contributed by atoms with Crippen LogP contribution < -0.4 is 4.13 Å². The molecule has 0 radical (unpaired) electrons. The summed E-state index contributed by atoms with van der Waals surface area (Å²) in [6.07, 6.45) is 0. The number of nitrogens with zero attached hydrogens (tertiary/aromatic N) is 1. The van der Waals surface area contributed by atoms with E-state index in [1.54, 1.807) is 0 Å². The Balaban J connectivity index is 2.33. The van der Waals surface area contributed by atoms with Gasteiger partial charge in [-0.2, -0.15) is 16.8 Å². The van der Waals surface area contributed by atoms with Crippen LogP contribution in [-0.2, 0) is 40.7 Å². The first-order valence-electron chi connectivity index (χ1n) is 8.22. The van der Waals surface area contributed by atoms with Crippen LogP contribution >= 0.6 is 0 Å². The molecule has 0 aliphatic heterocycles. The number of carbonyl (C=O) groups is 2. The van der Waals surface area contributed by atoms with Crippen LogP contribution in [-0.4, -0.2) is 65.1 Å². The first-order chi connectivity index (χ1) is 14.9. The van der Waals surface area contributed by atoms with Crippen LogP contribution in [0.25, 0.3) is 0 Å². The van der Waals surface area contributed by atoms with E-state index in [9.17, 15) is 43.3 Å². The SMILES string of the molecule is CN(S(=O)(=O)O)S(=O)(=O)c1cccc2c1C(=O)c1cccc(S(=O)(=O)NS(=O)(=O)O)c1C2=O. The molecule has 3 N–H and O–H groups in total. The van der Waals surface area contributed by atoms with Gasteiger partial charge in [0, 0.05) is 18.2 Å². The standard InChI is InChI=1S/C15H12N2O12S4/c1-17(33(27,28)29)31(22,23)11-7-3-5-9-13(11)15(19)8-4-2-6-10(12(8)14(9)18)30(20,21)16-32(24,25)26/h2-7,16H,1H3,(H,24,25,26)(H,27,28,29). The zero-order valence-corrected chi connectivity index (χ0v) is 19.3. The van der Waals surface area contributed by atoms with Gasteiger partial charge in [-0.1, -0.05) is 32.1 Å². The van der Waals surface area contributed by atoms with E-state index >= 15 is 0 Å². The van der Waals surface area contributed by atoms with Gasteiger partial charge < -0.3 is 0 Å². The van der Waals surface area contributed by atoms with Crippen LogP contribution in [0.3, 0.4) is 0 Å². The van der Waals surface area contributed by atoms with Gasteiger partial charge in [0.05, 0.1) is 20.9 Å². The fraction of sp³-hybridized carbons (Fsp3) is 0.0667. The third-order valence-corrected chi connectivity index (χ3v) is 10.5. The molecule has 2 aromatic carbocycles. The molecule has 3 rings (SSSR count). The summed E-state index contributed by atoms with van der Waals surface area (Å²) < 4.78 is 113. The number of hydrogen-bond acceptors (Lipinski definition) is 10. The largest absolute Gasteiger partial charge is 0.349 e. The van der Waals surface area contributed by atoms with E-state index in [1.807, 2.05) is 0 Å². The van der Waals surface area contributed by atoms with Crippen molar-refractivity contribution in [2.45, 2.75) is 9.79 Å². The van der Waals surface area contributed by atoms with Crippen molar-refractivity contribution in [3.8, 4) is 0 Å². The van der Waals surface area contributed by atoms with Crippen LogP contribution in [0.15, 0.2) is 46.2 Å². The maximum absolute atomic E-state index is 13.1. The number of fused-ring (bicyclic) bond motifs is 2. The fourth-order valence-electron chi connectivity index (χ4n) is 3.06. The first-order valence-corrected chi connectivity index (χ1v) is 14.0. The molecule has 1 aliphatic rings. The average molecular weight is 541 g/mol. The van der Waals surface area contributed by atoms with Gasteiger partial charge in [-0.25, -0.2) is 16.8 Å². The lowest BCUT2D eigenvalue weighted by Crippen LogP contribution is -2.35. The van der Waals surface area contributed by atoms with Gasteiger partial charge in [0.25, 0.3) is 20.0 Å². The molecule has 2 aromatic rings. The predicted molar refractivity (Wildman–Crippen MR) is 108 cm³/mol. The molecule has 178 valence electrons. The highest BCUT2D eigenvalue weighted by atomic mass is 32.3. The molecule has 0 bridgehead atoms. The second-order valence-electron chi connectivity index (χ2n) is 6.44. The number of ketones is 2. The number of sulfonamides is 2. The number of hydrogen-bond donors (Lipinski definition) is 3. The van der Waals surface area contributed by atoms with Crippen molar-refractivity contribution in [2.75, 3.05) is 7.05 Å². The van der Waals surface area contributed by atoms with Gasteiger partial charge in [-0.15, -0.1) is 0 Å². The molecule has 0 amide bonds. The summed E-state index contributed by atoms with van der Waals surface area (Å²) in [6.45, 7) is 0. The number of rotatable bonds is 6. The highest BCUT2D eigenvalue weighted by Gasteiger charge is 2.41. The van der Waals surface area contributed by atoms with E-state index in [4.69, 9.17) is 9.11 Å². The van der Waals surface area contributed by atoms with E-state index in [0.717, 1.165) is 40.5 Å². The summed E-state index contributed by atoms with van der Waals surface area (Å²) in [4.78, 5) is 24.3. The molecule has 0 saturated heterocycles. The molecule has 0 aromatic heterocycles. The molecule has 0 saturated carbocycles. The Morgan fingerprint density at radius 1 is 0.727 bits per heavy atom. The number of benzene rings is 2. The van der Waals surface area contributed by atoms with Crippen LogP contribution in [0, 0.1) is 0 Å². The van der Waals surface area contributed by atoms with Gasteiger partial charge in [0.15, 0.2) is 11.6 Å². The smallest absolute Gasteiger partial charge is 0.289 e. The predicted octanol–water partition coefficient (Wildman–Crippen LogP) is -1.03. The summed E-state index contributed by atoms with van der Waals surface area (Å²) in [5.74, 6) is -2.41. The molecule has 33 heavy (non-hydrogen) atoms. The Bertz CT molecular complexity index is 1660. The van der Waals surface area contributed by atoms with Crippen LogP contribution in [0.1, 0.15) is 31.8 Å². The highest BCUT2D eigenvalue weighted by Crippen LogP contribution is 2.35. The van der Waals surface area contributed by atoms with Crippen molar-refractivity contribution in [1.29, 1.82) is 0 Å². The Morgan fingerprint density at radius 3 is 1.58 bits per heavy atom. The Morgan fingerprint density at radius 2 is 1.15 bits per heavy atom. The van der Waals surface area contributed by atoms with E-state index in [2.05, 4.69) is 0 Å². The maximum atomic E-state index is 13.1. The van der Waals surface area contributed by atoms with Gasteiger partial charge in [-0.3, -0.25) is 18.7 Å². The molecule has 1 aliphatic carbocycles. The van der Waals surface area contributed by atoms with Gasteiger partial charge in [0.2, 0.25) is 0 Å². The second kappa shape index (κ2) is 7.74. The minimum atomic E-state index is -5.30. The van der Waals surface area contributed by atoms with Gasteiger partial charge in [0.1, 0.15) is 0 Å². The lowest BCUT2D eigenvalue weighted by molar-refractivity contribution is 0.0974. The van der Waals surface area contributed by atoms with Crippen molar-refractivity contribution in [2.24, 2.45) is 0 Å². The van der Waals surface area contributed by atoms with Crippen LogP contribution in [0.5, 0.6) is 0 Å². The van der Waals surface area contributed by atoms with Crippen molar-refractivity contribution >= 4 is 52.2 Å². The molecule has 0 heterocycles. The van der Waals surface area contributed by atoms with Crippen molar-refractivity contribution in [3.63, 3.8) is 0 Å². The second-order valence-corrected chi connectivity index (χ2v) is 13.1. The average Bonchev–Trinajstić information content (AvgIpc) is 2.67. The van der Waals surface area contributed by atoms with Gasteiger partial charge >= 0.3 is 20.6 Å². The Labute approximate surface area is 187 Å². The number of carbonyl (C=O) groups excluding carboxylic acids is 2. The third-order valence-electron chi connectivity index (χ3n) is 4.44. The molecule has 18 heteroatoms. The van der Waals surface area contributed by atoms with E-state index < -0.39 is 88.0 Å². The molecule has 0 unspecified atom stereocenters. The molecular weight excluding hydrogens is 528 g/mol. The first kappa shape index (κ1) is 25.1. The molecule has 0 spiro atoms. The summed E-state index contributed by atoms with van der Waals surface area (Å²) in [5.41, 5.74) is -2.86. The Hall–Kier alpha value is -2.58. The summed E-state index contributed by atoms with van der Waals surface area (Å²) >= 11 is 0. The minimum Gasteiger partial charge on any atom is -0.289 e. The van der Waals surface area contributed by atoms with E-state index in [1.165, 1.54) is 0 Å². The van der Waals surface area contributed by atoms with E-state index in [0.29, 0.717) is 7.05 Å². The quantitative estimate of drug-likeness (QED) is 0.319. The Kier molecular flexibility index (Phi) is 5.87. The van der Waals surface area contributed by atoms with Crippen molar-refractivity contribution in [3.05, 3.63) is 58.7 Å².